The third kappa shape index (κ3) is 4.41. The van der Waals surface area contributed by atoms with Gasteiger partial charge < -0.3 is 15.8 Å². The number of carbonyl (C=O) groups excluding carboxylic acids is 1. The lowest BCUT2D eigenvalue weighted by molar-refractivity contribution is 0.100. The zero-order valence-electron chi connectivity index (χ0n) is 15.2. The van der Waals surface area contributed by atoms with Crippen LogP contribution in [0.2, 0.25) is 5.02 Å². The Morgan fingerprint density at radius 1 is 1.30 bits per heavy atom. The van der Waals surface area contributed by atoms with Crippen molar-refractivity contribution in [2.24, 2.45) is 5.73 Å². The van der Waals surface area contributed by atoms with Crippen LogP contribution in [-0.4, -0.2) is 23.2 Å². The zero-order valence-corrected chi connectivity index (χ0v) is 15.9. The predicted molar refractivity (Wildman–Crippen MR) is 106 cm³/mol. The molecule has 0 aliphatic heterocycles. The molecule has 1 amide bonds. The molecule has 4 N–H and O–H groups in total. The van der Waals surface area contributed by atoms with E-state index in [1.807, 2.05) is 43.3 Å². The molecule has 1 heterocycles. The number of nitrogens with two attached hydrogens (primary N) is 1. The van der Waals surface area contributed by atoms with Crippen molar-refractivity contribution in [1.29, 1.82) is 0 Å². The lowest BCUT2D eigenvalue weighted by atomic mass is 10.1. The number of hydrogen-bond acceptors (Lipinski definition) is 4. The summed E-state index contributed by atoms with van der Waals surface area (Å²) in [5, 5.41) is 11.0. The van der Waals surface area contributed by atoms with Crippen LogP contribution in [0.25, 0.3) is 0 Å². The van der Waals surface area contributed by atoms with Gasteiger partial charge in [-0.15, -0.1) is 0 Å². The number of nitrogens with zero attached hydrogens (tertiary/aromatic N) is 1. The van der Waals surface area contributed by atoms with Crippen LogP contribution in [0.15, 0.2) is 42.5 Å². The van der Waals surface area contributed by atoms with Gasteiger partial charge in [0.15, 0.2) is 5.82 Å². The van der Waals surface area contributed by atoms with Gasteiger partial charge in [-0.05, 0) is 30.7 Å². The number of primary amides is 1. The summed E-state index contributed by atoms with van der Waals surface area (Å²) in [6.07, 6.45) is 0.473. The second kappa shape index (κ2) is 8.14. The van der Waals surface area contributed by atoms with Gasteiger partial charge >= 0.3 is 0 Å². The third-order valence-corrected chi connectivity index (χ3v) is 4.47. The Morgan fingerprint density at radius 2 is 2.11 bits per heavy atom. The summed E-state index contributed by atoms with van der Waals surface area (Å²) >= 11 is 6.04. The summed E-state index contributed by atoms with van der Waals surface area (Å²) in [4.78, 5) is 12.0. The van der Waals surface area contributed by atoms with E-state index in [2.05, 4.69) is 15.5 Å². The van der Waals surface area contributed by atoms with Crippen molar-refractivity contribution in [3.05, 3.63) is 75.4 Å². The fourth-order valence-corrected chi connectivity index (χ4v) is 3.19. The maximum atomic E-state index is 12.0. The molecule has 0 fully saturated rings. The highest BCUT2D eigenvalue weighted by Crippen LogP contribution is 2.24. The summed E-state index contributed by atoms with van der Waals surface area (Å²) in [5.74, 6) is 0.644. The SMILES string of the molecule is COc1ccc(C)cc1CNc1n[nH]c(Cc2cccc(Cl)c2)c1C(N)=O. The standard InChI is InChI=1S/C20H21ClN4O2/c1-12-6-7-17(27-2)14(8-12)11-23-20-18(19(22)26)16(24-25-20)10-13-4-3-5-15(21)9-13/h3-9H,10-11H2,1-2H3,(H2,22,26)(H2,23,24,25). The number of nitrogens with one attached hydrogen (secondary N) is 2. The Morgan fingerprint density at radius 3 is 2.81 bits per heavy atom. The van der Waals surface area contributed by atoms with E-state index in [9.17, 15) is 4.79 Å². The number of aromatic amines is 1. The molecule has 0 saturated heterocycles. The molecule has 1 aromatic heterocycles. The monoisotopic (exact) mass is 384 g/mol. The zero-order chi connectivity index (χ0) is 19.4. The van der Waals surface area contributed by atoms with Crippen molar-refractivity contribution in [3.8, 4) is 5.75 Å². The van der Waals surface area contributed by atoms with E-state index in [1.165, 1.54) is 0 Å². The fraction of sp³-hybridized carbons (Fsp3) is 0.200. The molecule has 0 aliphatic rings. The van der Waals surface area contributed by atoms with E-state index in [0.29, 0.717) is 35.1 Å². The molecule has 3 aromatic rings. The van der Waals surface area contributed by atoms with Crippen molar-refractivity contribution in [1.82, 2.24) is 10.2 Å². The van der Waals surface area contributed by atoms with Gasteiger partial charge in [0.2, 0.25) is 0 Å². The van der Waals surface area contributed by atoms with Crippen LogP contribution in [0.1, 0.15) is 32.7 Å². The van der Waals surface area contributed by atoms with E-state index in [-0.39, 0.29) is 0 Å². The number of hydrogen-bond donors (Lipinski definition) is 3. The largest absolute Gasteiger partial charge is 0.496 e. The molecule has 3 rings (SSSR count). The van der Waals surface area contributed by atoms with Gasteiger partial charge in [0.1, 0.15) is 11.3 Å². The van der Waals surface area contributed by atoms with E-state index in [1.54, 1.807) is 13.2 Å². The average Bonchev–Trinajstić information content (AvgIpc) is 3.03. The number of halogens is 1. The number of amides is 1. The summed E-state index contributed by atoms with van der Waals surface area (Å²) in [6, 6.07) is 13.4. The van der Waals surface area contributed by atoms with Crippen LogP contribution in [0, 0.1) is 6.92 Å². The molecule has 7 heteroatoms. The molecule has 0 spiro atoms. The first-order valence-corrected chi connectivity index (χ1v) is 8.84. The minimum absolute atomic E-state index is 0.349. The van der Waals surface area contributed by atoms with Crippen LogP contribution >= 0.6 is 11.6 Å². The number of benzene rings is 2. The molecule has 0 aliphatic carbocycles. The first-order chi connectivity index (χ1) is 13.0. The Hall–Kier alpha value is -2.99. The predicted octanol–water partition coefficient (Wildman–Crippen LogP) is 3.68. The molecule has 6 nitrogen and oxygen atoms in total. The van der Waals surface area contributed by atoms with Crippen molar-refractivity contribution in [2.75, 3.05) is 12.4 Å². The molecule has 0 atom stereocenters. The summed E-state index contributed by atoms with van der Waals surface area (Å²) < 4.78 is 5.39. The molecule has 0 saturated carbocycles. The number of methoxy groups -OCH3 is 1. The Bertz CT molecular complexity index is 968. The summed E-state index contributed by atoms with van der Waals surface area (Å²) in [7, 11) is 1.63. The van der Waals surface area contributed by atoms with Gasteiger partial charge in [-0.25, -0.2) is 0 Å². The van der Waals surface area contributed by atoms with Crippen LogP contribution in [0.3, 0.4) is 0 Å². The number of aromatic nitrogens is 2. The highest BCUT2D eigenvalue weighted by molar-refractivity contribution is 6.30. The smallest absolute Gasteiger partial charge is 0.254 e. The topological polar surface area (TPSA) is 93.0 Å². The molecule has 0 bridgehead atoms. The molecule has 140 valence electrons. The summed E-state index contributed by atoms with van der Waals surface area (Å²) in [5.41, 5.74) is 9.63. The summed E-state index contributed by atoms with van der Waals surface area (Å²) in [6.45, 7) is 2.46. The lowest BCUT2D eigenvalue weighted by Crippen LogP contribution is -2.15. The maximum absolute atomic E-state index is 12.0. The third-order valence-electron chi connectivity index (χ3n) is 4.24. The number of aryl methyl sites for hydroxylation is 1. The van der Waals surface area contributed by atoms with Gasteiger partial charge in [0.05, 0.1) is 12.8 Å². The maximum Gasteiger partial charge on any atom is 0.254 e. The molecule has 2 aromatic carbocycles. The van der Waals surface area contributed by atoms with Gasteiger partial charge in [-0.3, -0.25) is 9.89 Å². The second-order valence-corrected chi connectivity index (χ2v) is 6.70. The minimum atomic E-state index is -0.542. The molecular formula is C20H21ClN4O2. The molecular weight excluding hydrogens is 364 g/mol. The van der Waals surface area contributed by atoms with Gasteiger partial charge in [-0.2, -0.15) is 5.10 Å². The van der Waals surface area contributed by atoms with E-state index >= 15 is 0 Å². The Kier molecular flexibility index (Phi) is 5.66. The Balaban J connectivity index is 1.83. The van der Waals surface area contributed by atoms with Crippen LogP contribution < -0.4 is 15.8 Å². The van der Waals surface area contributed by atoms with Crippen LogP contribution in [0.4, 0.5) is 5.82 Å². The van der Waals surface area contributed by atoms with Gasteiger partial charge in [0.25, 0.3) is 5.91 Å². The van der Waals surface area contributed by atoms with Crippen molar-refractivity contribution in [2.45, 2.75) is 19.9 Å². The van der Waals surface area contributed by atoms with Gasteiger partial charge in [-0.1, -0.05) is 41.4 Å². The number of carbonyl (C=O) groups is 1. The number of rotatable bonds is 7. The second-order valence-electron chi connectivity index (χ2n) is 6.27. The molecule has 0 radical (unpaired) electrons. The number of H-pyrrole nitrogens is 1. The van der Waals surface area contributed by atoms with E-state index in [4.69, 9.17) is 22.1 Å². The highest BCUT2D eigenvalue weighted by Gasteiger charge is 2.19. The quantitative estimate of drug-likeness (QED) is 0.579. The average molecular weight is 385 g/mol. The lowest BCUT2D eigenvalue weighted by Gasteiger charge is -2.11. The first kappa shape index (κ1) is 18.8. The van der Waals surface area contributed by atoms with Crippen molar-refractivity contribution < 1.29 is 9.53 Å². The Labute approximate surface area is 162 Å². The number of anilines is 1. The normalized spacial score (nSPS) is 10.6. The van der Waals surface area contributed by atoms with Crippen LogP contribution in [0.5, 0.6) is 5.75 Å². The van der Waals surface area contributed by atoms with E-state index < -0.39 is 5.91 Å². The molecule has 27 heavy (non-hydrogen) atoms. The van der Waals surface area contributed by atoms with E-state index in [0.717, 1.165) is 22.4 Å². The minimum Gasteiger partial charge on any atom is -0.496 e. The first-order valence-electron chi connectivity index (χ1n) is 8.46. The van der Waals surface area contributed by atoms with Crippen LogP contribution in [-0.2, 0) is 13.0 Å². The number of ether oxygens (including phenoxy) is 1. The van der Waals surface area contributed by atoms with Crippen molar-refractivity contribution >= 4 is 23.3 Å². The molecule has 0 unspecified atom stereocenters. The van der Waals surface area contributed by atoms with Gasteiger partial charge in [0, 0.05) is 23.6 Å². The fourth-order valence-electron chi connectivity index (χ4n) is 2.97. The highest BCUT2D eigenvalue weighted by atomic mass is 35.5. The van der Waals surface area contributed by atoms with Crippen molar-refractivity contribution in [3.63, 3.8) is 0 Å².